The maximum absolute atomic E-state index is 15.2. The van der Waals surface area contributed by atoms with E-state index in [1.165, 1.54) is 9.80 Å². The van der Waals surface area contributed by atoms with Gasteiger partial charge in [0.25, 0.3) is 11.8 Å². The summed E-state index contributed by atoms with van der Waals surface area (Å²) in [5, 5.41) is 73.6. The Balaban J connectivity index is 0.964. The van der Waals surface area contributed by atoms with Gasteiger partial charge in [0.05, 0.1) is 13.2 Å². The highest BCUT2D eigenvalue weighted by Crippen LogP contribution is 2.43. The third kappa shape index (κ3) is 15.6. The summed E-state index contributed by atoms with van der Waals surface area (Å²) in [4.78, 5) is 154. The predicted molar refractivity (Wildman–Crippen MR) is 320 cm³/mol. The Hall–Kier alpha value is -8.48. The first kappa shape index (κ1) is 67.5. The van der Waals surface area contributed by atoms with Gasteiger partial charge in [-0.1, -0.05) is 74.2 Å². The standard InChI is InChI=1S/C60H84N14O16/c61-59(62)65-21-9-17-37(57(87)88)67-49(79)43-25-33-13-5-7-19-41(33)73(43)55(85)45-23-31-11-1-3-15-35(31)27-71(45)53(83)39(29-75)69-51(81)47(77)48(78)52(82)70-40(30-76)54(84)72-28-36-16-4-2-12-32(36)24-46(72)56(86)74-42-20-8-6-14-34(42)26-44(74)50(80)68-38(58(89)90)18-10-22-66-60(63)64/h1-4,11-12,15-16,33-34,37-48,75-78H,5-10,13-14,17-30H2,(H,67,79)(H,68,80)(H,69,81)(H,70,82)(H,87,88)(H,89,90)(H4,61,62,65)(H4,63,64,66)/t33?,34?,37-,38-,39-,40-,41?,42?,43-,44-,45+,46+,47+,48+/m0/s1. The lowest BCUT2D eigenvalue weighted by Crippen LogP contribution is -2.63. The molecule has 4 heterocycles. The molecule has 30 heteroatoms. The highest BCUT2D eigenvalue weighted by molar-refractivity contribution is 6.00. The van der Waals surface area contributed by atoms with Crippen molar-refractivity contribution < 1.29 is 78.6 Å². The number of nitrogens with zero attached hydrogens (tertiary/aromatic N) is 6. The SMILES string of the molecule is NC(N)=NCCC[C@H](NC(=O)[C@@H]1CC2CCCCC2N1C(=O)[C@H]1Cc2ccccc2CN1C(=O)[C@H](CO)NC(=O)[C@H](O)[C@@H](O)C(=O)N[C@@H](CO)C(=O)N1Cc2ccccc2C[C@@H]1C(=O)N1C2CCCCC2C[C@H]1C(=O)N[C@@H](CCCN=C(N)N)C(=O)O)C(=O)O. The van der Waals surface area contributed by atoms with Gasteiger partial charge in [-0.15, -0.1) is 0 Å². The van der Waals surface area contributed by atoms with Crippen LogP contribution in [0, 0.1) is 11.8 Å². The Labute approximate surface area is 519 Å². The van der Waals surface area contributed by atoms with E-state index in [9.17, 15) is 69.0 Å². The second kappa shape index (κ2) is 30.4. The van der Waals surface area contributed by atoms with Crippen molar-refractivity contribution in [3.63, 3.8) is 0 Å². The molecule has 18 N–H and O–H groups in total. The van der Waals surface area contributed by atoms with Crippen LogP contribution in [0.2, 0.25) is 0 Å². The number of likely N-dealkylation sites (tertiary alicyclic amines) is 2. The summed E-state index contributed by atoms with van der Waals surface area (Å²) in [5.41, 5.74) is 24.3. The molecule has 90 heavy (non-hydrogen) atoms. The summed E-state index contributed by atoms with van der Waals surface area (Å²) >= 11 is 0. The van der Waals surface area contributed by atoms with E-state index in [0.717, 1.165) is 35.5 Å². The lowest BCUT2D eigenvalue weighted by atomic mass is 9.84. The van der Waals surface area contributed by atoms with E-state index in [0.29, 0.717) is 47.9 Å². The first-order valence-corrected chi connectivity index (χ1v) is 30.8. The van der Waals surface area contributed by atoms with Crippen LogP contribution >= 0.6 is 0 Å². The van der Waals surface area contributed by atoms with Gasteiger partial charge in [-0.25, -0.2) is 9.59 Å². The van der Waals surface area contributed by atoms with E-state index in [-0.39, 0.29) is 101 Å². The molecular formula is C60H84N14O16. The molecule has 0 radical (unpaired) electrons. The fourth-order valence-electron chi connectivity index (χ4n) is 13.9. The summed E-state index contributed by atoms with van der Waals surface area (Å²) in [5.74, 6) is -11.1. The van der Waals surface area contributed by atoms with Crippen molar-refractivity contribution in [2.45, 2.75) is 188 Å². The molecule has 0 aromatic heterocycles. The Morgan fingerprint density at radius 3 is 1.20 bits per heavy atom. The molecule has 14 atom stereocenters. The second-order valence-electron chi connectivity index (χ2n) is 24.2. The smallest absolute Gasteiger partial charge is 0.326 e. The molecule has 0 bridgehead atoms. The number of carboxylic acids is 2. The van der Waals surface area contributed by atoms with Crippen LogP contribution in [0.3, 0.4) is 0 Å². The third-order valence-electron chi connectivity index (χ3n) is 18.5. The number of carbonyl (C=O) groups is 10. The number of nitrogens with two attached hydrogens (primary N) is 4. The molecule has 6 aliphatic rings. The van der Waals surface area contributed by atoms with Gasteiger partial charge in [0.1, 0.15) is 48.3 Å². The quantitative estimate of drug-likeness (QED) is 0.0257. The van der Waals surface area contributed by atoms with Crippen molar-refractivity contribution in [3.8, 4) is 0 Å². The summed E-state index contributed by atoms with van der Waals surface area (Å²) in [6.07, 6.45) is 0.801. The Bertz CT molecular complexity index is 2870. The average molecular weight is 1260 g/mol. The lowest BCUT2D eigenvalue weighted by Gasteiger charge is -2.42. The Morgan fingerprint density at radius 1 is 0.500 bits per heavy atom. The molecule has 4 aliphatic heterocycles. The molecule has 4 fully saturated rings. The van der Waals surface area contributed by atoms with E-state index >= 15 is 9.59 Å². The minimum Gasteiger partial charge on any atom is -0.480 e. The first-order valence-electron chi connectivity index (χ1n) is 30.8. The molecule has 490 valence electrons. The first-order chi connectivity index (χ1) is 43.0. The number of aliphatic imine (C=N–C) groups is 2. The van der Waals surface area contributed by atoms with Gasteiger partial charge in [0.15, 0.2) is 24.1 Å². The average Bonchev–Trinajstić information content (AvgIpc) is 1.50. The number of hydrogen-bond acceptors (Lipinski definition) is 16. The van der Waals surface area contributed by atoms with E-state index < -0.39 is 145 Å². The summed E-state index contributed by atoms with van der Waals surface area (Å²) in [6.45, 7) is -2.47. The summed E-state index contributed by atoms with van der Waals surface area (Å²) < 4.78 is 0. The van der Waals surface area contributed by atoms with Gasteiger partial charge >= 0.3 is 11.9 Å². The summed E-state index contributed by atoms with van der Waals surface area (Å²) in [7, 11) is 0. The molecule has 2 aromatic rings. The Morgan fingerprint density at radius 2 is 0.856 bits per heavy atom. The lowest BCUT2D eigenvalue weighted by molar-refractivity contribution is -0.155. The van der Waals surface area contributed by atoms with Crippen LogP contribution in [0.1, 0.15) is 112 Å². The van der Waals surface area contributed by atoms with Crippen LogP contribution in [0.25, 0.3) is 0 Å². The number of fused-ring (bicyclic) bond motifs is 4. The maximum Gasteiger partial charge on any atom is 0.326 e. The molecule has 8 rings (SSSR count). The Kier molecular flexibility index (Phi) is 22.7. The predicted octanol–water partition coefficient (Wildman–Crippen LogP) is -3.87. The molecular weight excluding hydrogens is 1170 g/mol. The molecule has 2 saturated carbocycles. The highest BCUT2D eigenvalue weighted by atomic mass is 16.4. The molecule has 30 nitrogen and oxygen atoms in total. The van der Waals surface area contributed by atoms with Gasteiger partial charge in [-0.2, -0.15) is 0 Å². The molecule has 2 aliphatic carbocycles. The number of carbonyl (C=O) groups excluding carboxylic acids is 8. The fraction of sp³-hybridized carbons (Fsp3) is 0.600. The number of carboxylic acid groups (broad SMARTS) is 2. The van der Waals surface area contributed by atoms with E-state index in [1.54, 1.807) is 48.5 Å². The maximum atomic E-state index is 15.2. The largest absolute Gasteiger partial charge is 0.480 e. The number of amides is 8. The minimum atomic E-state index is -2.69. The third-order valence-corrected chi connectivity index (χ3v) is 18.5. The van der Waals surface area contributed by atoms with Crippen molar-refractivity contribution in [1.29, 1.82) is 0 Å². The second-order valence-corrected chi connectivity index (χ2v) is 24.2. The van der Waals surface area contributed by atoms with E-state index in [1.807, 2.05) is 0 Å². The normalized spacial score (nSPS) is 24.5. The van der Waals surface area contributed by atoms with Crippen LogP contribution < -0.4 is 44.2 Å². The van der Waals surface area contributed by atoms with Gasteiger partial charge in [-0.05, 0) is 98.3 Å². The van der Waals surface area contributed by atoms with Crippen molar-refractivity contribution in [2.24, 2.45) is 44.8 Å². The van der Waals surface area contributed by atoms with Crippen LogP contribution in [0.4, 0.5) is 0 Å². The minimum absolute atomic E-state index is 0.0295. The van der Waals surface area contributed by atoms with E-state index in [4.69, 9.17) is 22.9 Å². The number of aliphatic carboxylic acids is 2. The number of aliphatic hydroxyl groups excluding tert-OH is 4. The zero-order chi connectivity index (χ0) is 65.1. The molecule has 2 aromatic carbocycles. The van der Waals surface area contributed by atoms with Crippen molar-refractivity contribution in [3.05, 3.63) is 70.8 Å². The number of aliphatic hydroxyl groups is 4. The molecule has 2 saturated heterocycles. The van der Waals surface area contributed by atoms with Crippen molar-refractivity contribution in [1.82, 2.24) is 40.9 Å². The summed E-state index contributed by atoms with van der Waals surface area (Å²) in [6, 6.07) is 1.51. The van der Waals surface area contributed by atoms with Crippen molar-refractivity contribution >= 4 is 71.1 Å². The van der Waals surface area contributed by atoms with Crippen LogP contribution in [0.5, 0.6) is 0 Å². The zero-order valence-corrected chi connectivity index (χ0v) is 50.0. The topological polar surface area (TPSA) is 482 Å². The zero-order valence-electron chi connectivity index (χ0n) is 50.0. The molecule has 4 unspecified atom stereocenters. The van der Waals surface area contributed by atoms with Crippen LogP contribution in [0.15, 0.2) is 58.5 Å². The highest BCUT2D eigenvalue weighted by Gasteiger charge is 2.54. The van der Waals surface area contributed by atoms with Crippen LogP contribution in [-0.2, 0) is 73.9 Å². The molecule has 8 amide bonds. The number of guanidine groups is 2. The number of hydrogen-bond donors (Lipinski definition) is 14. The van der Waals surface area contributed by atoms with E-state index in [2.05, 4.69) is 31.3 Å². The number of nitrogens with one attached hydrogen (secondary N) is 4. The van der Waals surface area contributed by atoms with Gasteiger partial charge < -0.3 is 94.4 Å². The van der Waals surface area contributed by atoms with Crippen LogP contribution in [-0.4, -0.2) is 220 Å². The van der Waals surface area contributed by atoms with Crippen molar-refractivity contribution in [2.75, 3.05) is 26.3 Å². The number of benzene rings is 2. The fourth-order valence-corrected chi connectivity index (χ4v) is 13.9. The van der Waals surface area contributed by atoms with Gasteiger partial charge in [-0.3, -0.25) is 48.3 Å². The number of rotatable bonds is 25. The van der Waals surface area contributed by atoms with Gasteiger partial charge in [0.2, 0.25) is 35.4 Å². The molecule has 0 spiro atoms. The van der Waals surface area contributed by atoms with Gasteiger partial charge in [0, 0.05) is 51.1 Å². The monoisotopic (exact) mass is 1260 g/mol.